The zero-order chi connectivity index (χ0) is 15.8. The average molecular weight is 331 g/mol. The molecule has 2 N–H and O–H groups in total. The first-order chi connectivity index (χ1) is 11.2. The third-order valence-corrected chi connectivity index (χ3v) is 5.45. The van der Waals surface area contributed by atoms with Crippen LogP contribution in [0, 0.1) is 11.7 Å². The number of hydrogen-bond donors (Lipinski definition) is 2. The lowest BCUT2D eigenvalue weighted by Crippen LogP contribution is -2.40. The maximum absolute atomic E-state index is 13.4. The molecule has 0 saturated heterocycles. The van der Waals surface area contributed by atoms with E-state index >= 15 is 0 Å². The van der Waals surface area contributed by atoms with E-state index in [4.69, 9.17) is 0 Å². The number of fused-ring (bicyclic) bond motifs is 1. The Hall–Kier alpha value is -1.95. The lowest BCUT2D eigenvalue weighted by Gasteiger charge is -2.19. The minimum Gasteiger partial charge on any atom is -0.331 e. The molecule has 1 fully saturated rings. The molecule has 2 aliphatic carbocycles. The van der Waals surface area contributed by atoms with Gasteiger partial charge in [-0.05, 0) is 54.9 Å². The zero-order valence-electron chi connectivity index (χ0n) is 12.6. The van der Waals surface area contributed by atoms with Crippen LogP contribution in [0.25, 0.3) is 0 Å². The number of thiazole rings is 1. The summed E-state index contributed by atoms with van der Waals surface area (Å²) in [7, 11) is 0. The molecule has 120 valence electrons. The lowest BCUT2D eigenvalue weighted by atomic mass is 10.1. The molecule has 23 heavy (non-hydrogen) atoms. The molecule has 0 radical (unpaired) electrons. The fourth-order valence-electron chi connectivity index (χ4n) is 3.26. The molecule has 0 unspecified atom stereocenters. The number of benzene rings is 1. The van der Waals surface area contributed by atoms with Gasteiger partial charge in [-0.25, -0.2) is 14.2 Å². The van der Waals surface area contributed by atoms with Crippen molar-refractivity contribution >= 4 is 17.4 Å². The number of nitrogens with one attached hydrogen (secondary N) is 2. The van der Waals surface area contributed by atoms with E-state index in [1.165, 1.54) is 12.1 Å². The van der Waals surface area contributed by atoms with E-state index in [1.807, 2.05) is 11.4 Å². The summed E-state index contributed by atoms with van der Waals surface area (Å²) in [6.07, 6.45) is 5.71. The van der Waals surface area contributed by atoms with Crippen LogP contribution in [0.5, 0.6) is 0 Å². The van der Waals surface area contributed by atoms with Crippen molar-refractivity contribution in [2.75, 3.05) is 0 Å². The number of hydrogen-bond acceptors (Lipinski definition) is 3. The third kappa shape index (κ3) is 3.08. The second-order valence-electron chi connectivity index (χ2n) is 6.24. The van der Waals surface area contributed by atoms with Crippen LogP contribution in [0.1, 0.15) is 47.5 Å². The Morgan fingerprint density at radius 1 is 1.35 bits per heavy atom. The molecule has 0 aliphatic heterocycles. The minimum absolute atomic E-state index is 0.0108. The van der Waals surface area contributed by atoms with E-state index < -0.39 is 0 Å². The van der Waals surface area contributed by atoms with Crippen LogP contribution < -0.4 is 10.6 Å². The van der Waals surface area contributed by atoms with E-state index in [0.717, 1.165) is 41.8 Å². The predicted molar refractivity (Wildman–Crippen MR) is 86.7 cm³/mol. The summed E-state index contributed by atoms with van der Waals surface area (Å²) < 4.78 is 13.4. The van der Waals surface area contributed by atoms with Gasteiger partial charge in [0.1, 0.15) is 10.8 Å². The monoisotopic (exact) mass is 331 g/mol. The summed E-state index contributed by atoms with van der Waals surface area (Å²) in [6.45, 7) is 0. The number of rotatable bonds is 4. The summed E-state index contributed by atoms with van der Waals surface area (Å²) in [5, 5.41) is 8.94. The van der Waals surface area contributed by atoms with Crippen molar-refractivity contribution in [1.82, 2.24) is 15.6 Å². The van der Waals surface area contributed by atoms with Crippen LogP contribution in [-0.2, 0) is 6.42 Å². The van der Waals surface area contributed by atoms with Gasteiger partial charge < -0.3 is 10.6 Å². The highest BCUT2D eigenvalue weighted by atomic mass is 32.1. The van der Waals surface area contributed by atoms with Gasteiger partial charge in [-0.1, -0.05) is 6.07 Å². The number of amides is 2. The second kappa shape index (κ2) is 5.92. The minimum atomic E-state index is -0.253. The van der Waals surface area contributed by atoms with Crippen molar-refractivity contribution in [3.8, 4) is 0 Å². The SMILES string of the molecule is O=C(N[C@H]1CCc2ccc(F)cc21)N[C@H](c1nccs1)C1CC1. The fraction of sp³-hybridized carbons (Fsp3) is 0.412. The molecule has 1 heterocycles. The van der Waals surface area contributed by atoms with E-state index in [2.05, 4.69) is 15.6 Å². The topological polar surface area (TPSA) is 54.0 Å². The molecule has 0 spiro atoms. The van der Waals surface area contributed by atoms with Gasteiger partial charge in [-0.15, -0.1) is 11.3 Å². The molecule has 0 bridgehead atoms. The third-order valence-electron chi connectivity index (χ3n) is 4.59. The van der Waals surface area contributed by atoms with E-state index in [9.17, 15) is 9.18 Å². The molecule has 2 aromatic rings. The highest BCUT2D eigenvalue weighted by molar-refractivity contribution is 7.09. The standard InChI is InChI=1S/C17H18FN3OS/c18-12-5-3-10-4-6-14(13(10)9-12)20-17(22)21-15(11-1-2-11)16-19-7-8-23-16/h3,5,7-9,11,14-15H,1-2,4,6H2,(H2,20,21,22)/t14-,15-/m0/s1. The Morgan fingerprint density at radius 2 is 2.22 bits per heavy atom. The van der Waals surface area contributed by atoms with Crippen molar-refractivity contribution < 1.29 is 9.18 Å². The van der Waals surface area contributed by atoms with Crippen LogP contribution in [0.15, 0.2) is 29.8 Å². The molecule has 1 aromatic heterocycles. The van der Waals surface area contributed by atoms with Gasteiger partial charge in [0.05, 0.1) is 12.1 Å². The Bertz CT molecular complexity index is 715. The molecule has 2 amide bonds. The Balaban J connectivity index is 1.44. The molecule has 2 atom stereocenters. The Kier molecular flexibility index (Phi) is 3.77. The molecule has 2 aliphatic rings. The number of carbonyl (C=O) groups is 1. The number of aryl methyl sites for hydroxylation is 1. The van der Waals surface area contributed by atoms with Crippen molar-refractivity contribution in [3.05, 3.63) is 51.7 Å². The summed E-state index contributed by atoms with van der Waals surface area (Å²) in [6, 6.07) is 4.51. The van der Waals surface area contributed by atoms with Crippen LogP contribution in [0.2, 0.25) is 0 Å². The van der Waals surface area contributed by atoms with Crippen LogP contribution in [0.4, 0.5) is 9.18 Å². The number of aromatic nitrogens is 1. The van der Waals surface area contributed by atoms with Crippen molar-refractivity contribution in [1.29, 1.82) is 0 Å². The maximum atomic E-state index is 13.4. The summed E-state index contributed by atoms with van der Waals surface area (Å²) in [5.74, 6) is 0.233. The Morgan fingerprint density at radius 3 is 2.96 bits per heavy atom. The molecule has 4 rings (SSSR count). The van der Waals surface area contributed by atoms with Gasteiger partial charge in [0.25, 0.3) is 0 Å². The smallest absolute Gasteiger partial charge is 0.315 e. The largest absolute Gasteiger partial charge is 0.331 e. The maximum Gasteiger partial charge on any atom is 0.315 e. The Labute approximate surface area is 138 Å². The number of nitrogens with zero attached hydrogens (tertiary/aromatic N) is 1. The van der Waals surface area contributed by atoms with Gasteiger partial charge >= 0.3 is 6.03 Å². The average Bonchev–Trinajstić information content (AvgIpc) is 3.08. The van der Waals surface area contributed by atoms with Crippen LogP contribution >= 0.6 is 11.3 Å². The highest BCUT2D eigenvalue weighted by Gasteiger charge is 2.35. The first-order valence-electron chi connectivity index (χ1n) is 7.95. The first-order valence-corrected chi connectivity index (χ1v) is 8.83. The van der Waals surface area contributed by atoms with E-state index in [-0.39, 0.29) is 23.9 Å². The number of halogens is 1. The van der Waals surface area contributed by atoms with Gasteiger partial charge in [0.15, 0.2) is 0 Å². The van der Waals surface area contributed by atoms with E-state index in [1.54, 1.807) is 17.5 Å². The molecule has 1 saturated carbocycles. The molecular weight excluding hydrogens is 313 g/mol. The number of urea groups is 1. The molecule has 1 aromatic carbocycles. The fourth-order valence-corrected chi connectivity index (χ4v) is 4.04. The van der Waals surface area contributed by atoms with Crippen LogP contribution in [-0.4, -0.2) is 11.0 Å². The lowest BCUT2D eigenvalue weighted by molar-refractivity contribution is 0.231. The molecule has 6 heteroatoms. The van der Waals surface area contributed by atoms with Gasteiger partial charge in [0.2, 0.25) is 0 Å². The number of carbonyl (C=O) groups excluding carboxylic acids is 1. The summed E-state index contributed by atoms with van der Waals surface area (Å²) in [4.78, 5) is 16.7. The van der Waals surface area contributed by atoms with Gasteiger partial charge in [-0.2, -0.15) is 0 Å². The van der Waals surface area contributed by atoms with Gasteiger partial charge in [-0.3, -0.25) is 0 Å². The quantitative estimate of drug-likeness (QED) is 0.897. The first kappa shape index (κ1) is 14.6. The molecule has 4 nitrogen and oxygen atoms in total. The van der Waals surface area contributed by atoms with Crippen molar-refractivity contribution in [3.63, 3.8) is 0 Å². The highest BCUT2D eigenvalue weighted by Crippen LogP contribution is 2.41. The summed E-state index contributed by atoms with van der Waals surface area (Å²) >= 11 is 1.57. The van der Waals surface area contributed by atoms with E-state index in [0.29, 0.717) is 5.92 Å². The second-order valence-corrected chi connectivity index (χ2v) is 7.16. The summed E-state index contributed by atoms with van der Waals surface area (Å²) in [5.41, 5.74) is 2.02. The predicted octanol–water partition coefficient (Wildman–Crippen LogP) is 3.72. The normalized spacial score (nSPS) is 20.8. The van der Waals surface area contributed by atoms with Gasteiger partial charge in [0, 0.05) is 11.6 Å². The van der Waals surface area contributed by atoms with Crippen LogP contribution in [0.3, 0.4) is 0 Å². The zero-order valence-corrected chi connectivity index (χ0v) is 13.4. The van der Waals surface area contributed by atoms with Crippen molar-refractivity contribution in [2.45, 2.75) is 37.8 Å². The van der Waals surface area contributed by atoms with Crippen molar-refractivity contribution in [2.24, 2.45) is 5.92 Å². The molecular formula is C17H18FN3OS.